The summed E-state index contributed by atoms with van der Waals surface area (Å²) in [5.74, 6) is -0.284. The smallest absolute Gasteiger partial charge is 0.341 e. The van der Waals surface area contributed by atoms with Gasteiger partial charge in [-0.25, -0.2) is 4.79 Å². The Morgan fingerprint density at radius 1 is 1.21 bits per heavy atom. The van der Waals surface area contributed by atoms with Crippen LogP contribution in [0.25, 0.3) is 0 Å². The predicted octanol–water partition coefficient (Wildman–Crippen LogP) is 5.41. The van der Waals surface area contributed by atoms with E-state index in [4.69, 9.17) is 17.0 Å². The fourth-order valence-corrected chi connectivity index (χ4v) is 5.24. The highest BCUT2D eigenvalue weighted by Gasteiger charge is 2.26. The normalized spacial score (nSPS) is 14.5. The first kappa shape index (κ1) is 20.8. The Morgan fingerprint density at radius 3 is 2.61 bits per heavy atom. The fraction of sp³-hybridized carbons (Fsp3) is 0.455. The molecule has 28 heavy (non-hydrogen) atoms. The third-order valence-electron chi connectivity index (χ3n) is 5.27. The number of hydrogen-bond donors (Lipinski definition) is 2. The van der Waals surface area contributed by atoms with E-state index in [0.717, 1.165) is 36.2 Å². The monoisotopic (exact) mass is 416 g/mol. The number of thiocarbonyl (C=S) groups is 1. The Balaban J connectivity index is 1.74. The maximum atomic E-state index is 12.4. The number of hydrogen-bond acceptors (Lipinski definition) is 4. The fourth-order valence-electron chi connectivity index (χ4n) is 3.61. The second-order valence-electron chi connectivity index (χ2n) is 7.18. The molecule has 1 atom stereocenters. The van der Waals surface area contributed by atoms with Crippen LogP contribution in [0.5, 0.6) is 0 Å². The van der Waals surface area contributed by atoms with E-state index in [1.165, 1.54) is 36.0 Å². The van der Waals surface area contributed by atoms with Gasteiger partial charge in [0.15, 0.2) is 5.11 Å². The Morgan fingerprint density at radius 2 is 1.93 bits per heavy atom. The van der Waals surface area contributed by atoms with Crippen LogP contribution in [0.4, 0.5) is 5.00 Å². The SMILES string of the molecule is CCc1ccc(C(C)NC(=S)Nc2sc3c(c2C(=O)OC)CCCCC3)cc1. The molecule has 1 aromatic heterocycles. The lowest BCUT2D eigenvalue weighted by atomic mass is 10.1. The maximum Gasteiger partial charge on any atom is 0.341 e. The van der Waals surface area contributed by atoms with Gasteiger partial charge in [-0.05, 0) is 67.9 Å². The number of nitrogens with one attached hydrogen (secondary N) is 2. The molecule has 150 valence electrons. The number of rotatable bonds is 5. The second kappa shape index (κ2) is 9.52. The van der Waals surface area contributed by atoms with Crippen molar-refractivity contribution >= 4 is 39.6 Å². The lowest BCUT2D eigenvalue weighted by molar-refractivity contribution is 0.0601. The van der Waals surface area contributed by atoms with Crippen molar-refractivity contribution < 1.29 is 9.53 Å². The summed E-state index contributed by atoms with van der Waals surface area (Å²) < 4.78 is 5.06. The summed E-state index contributed by atoms with van der Waals surface area (Å²) in [6, 6.07) is 8.63. The predicted molar refractivity (Wildman–Crippen MR) is 121 cm³/mol. The van der Waals surface area contributed by atoms with Gasteiger partial charge in [-0.15, -0.1) is 11.3 Å². The third kappa shape index (κ3) is 4.73. The van der Waals surface area contributed by atoms with Crippen LogP contribution in [0.1, 0.15) is 71.1 Å². The van der Waals surface area contributed by atoms with Crippen molar-refractivity contribution in [2.75, 3.05) is 12.4 Å². The molecule has 0 radical (unpaired) electrons. The zero-order chi connectivity index (χ0) is 20.1. The summed E-state index contributed by atoms with van der Waals surface area (Å²) in [5, 5.41) is 7.92. The Kier molecular flexibility index (Phi) is 7.08. The number of carbonyl (C=O) groups excluding carboxylic acids is 1. The van der Waals surface area contributed by atoms with Crippen LogP contribution in [-0.4, -0.2) is 18.2 Å². The molecule has 1 aliphatic carbocycles. The number of anilines is 1. The summed E-state index contributed by atoms with van der Waals surface area (Å²) in [6.07, 6.45) is 6.46. The highest BCUT2D eigenvalue weighted by molar-refractivity contribution is 7.80. The van der Waals surface area contributed by atoms with E-state index in [0.29, 0.717) is 10.7 Å². The number of benzene rings is 1. The van der Waals surface area contributed by atoms with Gasteiger partial charge in [0, 0.05) is 4.88 Å². The maximum absolute atomic E-state index is 12.4. The number of fused-ring (bicyclic) bond motifs is 1. The van der Waals surface area contributed by atoms with Crippen LogP contribution in [-0.2, 0) is 24.0 Å². The van der Waals surface area contributed by atoms with E-state index in [9.17, 15) is 4.79 Å². The van der Waals surface area contributed by atoms with Gasteiger partial charge in [-0.3, -0.25) is 0 Å². The number of carbonyl (C=O) groups is 1. The average Bonchev–Trinajstić information content (AvgIpc) is 2.87. The van der Waals surface area contributed by atoms with E-state index in [2.05, 4.69) is 48.7 Å². The van der Waals surface area contributed by atoms with Crippen molar-refractivity contribution in [3.63, 3.8) is 0 Å². The largest absolute Gasteiger partial charge is 0.465 e. The quantitative estimate of drug-likeness (QED) is 0.387. The molecular weight excluding hydrogens is 388 g/mol. The zero-order valence-electron chi connectivity index (χ0n) is 16.8. The van der Waals surface area contributed by atoms with Crippen molar-refractivity contribution in [1.82, 2.24) is 5.32 Å². The van der Waals surface area contributed by atoms with Gasteiger partial charge < -0.3 is 15.4 Å². The molecular formula is C22H28N2O2S2. The molecule has 0 saturated heterocycles. The number of methoxy groups -OCH3 is 1. The second-order valence-corrected chi connectivity index (χ2v) is 8.69. The molecule has 1 aliphatic rings. The van der Waals surface area contributed by atoms with Crippen LogP contribution >= 0.6 is 23.6 Å². The van der Waals surface area contributed by atoms with Crippen LogP contribution in [0, 0.1) is 0 Å². The first-order chi connectivity index (χ1) is 13.5. The Bertz CT molecular complexity index is 843. The van der Waals surface area contributed by atoms with Crippen molar-refractivity contribution in [3.8, 4) is 0 Å². The van der Waals surface area contributed by atoms with Crippen molar-refractivity contribution in [2.45, 2.75) is 58.4 Å². The van der Waals surface area contributed by atoms with Crippen LogP contribution in [0.3, 0.4) is 0 Å². The topological polar surface area (TPSA) is 50.4 Å². The number of esters is 1. The molecule has 6 heteroatoms. The minimum Gasteiger partial charge on any atom is -0.465 e. The molecule has 0 saturated carbocycles. The summed E-state index contributed by atoms with van der Waals surface area (Å²) in [5.41, 5.74) is 4.30. The summed E-state index contributed by atoms with van der Waals surface area (Å²) >= 11 is 7.18. The highest BCUT2D eigenvalue weighted by Crippen LogP contribution is 2.38. The molecule has 1 unspecified atom stereocenters. The molecule has 0 aliphatic heterocycles. The summed E-state index contributed by atoms with van der Waals surface area (Å²) in [7, 11) is 1.44. The van der Waals surface area contributed by atoms with E-state index in [1.807, 2.05) is 0 Å². The van der Waals surface area contributed by atoms with Gasteiger partial charge in [0.25, 0.3) is 0 Å². The van der Waals surface area contributed by atoms with Crippen LogP contribution in [0.2, 0.25) is 0 Å². The van der Waals surface area contributed by atoms with Gasteiger partial charge in [-0.1, -0.05) is 37.6 Å². The molecule has 1 aromatic carbocycles. The number of aryl methyl sites for hydroxylation is 2. The van der Waals surface area contributed by atoms with Crippen molar-refractivity contribution in [2.24, 2.45) is 0 Å². The molecule has 0 spiro atoms. The number of thiophene rings is 1. The van der Waals surface area contributed by atoms with Crippen molar-refractivity contribution in [1.29, 1.82) is 0 Å². The summed E-state index contributed by atoms with van der Waals surface area (Å²) in [4.78, 5) is 13.7. The molecule has 0 amide bonds. The average molecular weight is 417 g/mol. The minimum absolute atomic E-state index is 0.0743. The van der Waals surface area contributed by atoms with Crippen molar-refractivity contribution in [3.05, 3.63) is 51.4 Å². The number of ether oxygens (including phenoxy) is 1. The van der Waals surface area contributed by atoms with E-state index in [1.54, 1.807) is 11.3 Å². The third-order valence-corrected chi connectivity index (χ3v) is 6.70. The standard InChI is InChI=1S/C22H28N2O2S2/c1-4-15-10-12-16(13-11-15)14(2)23-22(27)24-20-19(21(25)26-3)17-8-6-5-7-9-18(17)28-20/h10-14H,4-9H2,1-3H3,(H2,23,24,27). The molecule has 3 rings (SSSR count). The molecule has 0 bridgehead atoms. The summed E-state index contributed by atoms with van der Waals surface area (Å²) in [6.45, 7) is 4.23. The van der Waals surface area contributed by atoms with Gasteiger partial charge in [0.05, 0.1) is 18.7 Å². The van der Waals surface area contributed by atoms with E-state index < -0.39 is 0 Å². The molecule has 1 heterocycles. The highest BCUT2D eigenvalue weighted by atomic mass is 32.1. The molecule has 2 N–H and O–H groups in total. The van der Waals surface area contributed by atoms with Gasteiger partial charge >= 0.3 is 5.97 Å². The molecule has 2 aromatic rings. The van der Waals surface area contributed by atoms with Crippen LogP contribution in [0.15, 0.2) is 24.3 Å². The molecule has 4 nitrogen and oxygen atoms in total. The van der Waals surface area contributed by atoms with E-state index in [-0.39, 0.29) is 12.0 Å². The van der Waals surface area contributed by atoms with Crippen LogP contribution < -0.4 is 10.6 Å². The Hall–Kier alpha value is -1.92. The minimum atomic E-state index is -0.284. The first-order valence-electron chi connectivity index (χ1n) is 9.92. The van der Waals surface area contributed by atoms with E-state index >= 15 is 0 Å². The van der Waals surface area contributed by atoms with Gasteiger partial charge in [-0.2, -0.15) is 0 Å². The van der Waals surface area contributed by atoms with Gasteiger partial charge in [0.2, 0.25) is 0 Å². The lowest BCUT2D eigenvalue weighted by Crippen LogP contribution is -2.31. The first-order valence-corrected chi connectivity index (χ1v) is 11.1. The lowest BCUT2D eigenvalue weighted by Gasteiger charge is -2.18. The molecule has 0 fully saturated rings. The van der Waals surface area contributed by atoms with Gasteiger partial charge in [0.1, 0.15) is 5.00 Å². The zero-order valence-corrected chi connectivity index (χ0v) is 18.4. The Labute approximate surface area is 176 Å².